The van der Waals surface area contributed by atoms with Crippen molar-refractivity contribution in [3.8, 4) is 0 Å². The number of aliphatic hydroxyl groups excluding tert-OH is 1. The highest BCUT2D eigenvalue weighted by atomic mass is 16.6. The van der Waals surface area contributed by atoms with Crippen molar-refractivity contribution in [3.63, 3.8) is 0 Å². The van der Waals surface area contributed by atoms with E-state index < -0.39 is 17.3 Å². The molecule has 0 amide bonds. The van der Waals surface area contributed by atoms with E-state index in [1.807, 2.05) is 12.1 Å². The van der Waals surface area contributed by atoms with Crippen molar-refractivity contribution in [2.75, 3.05) is 0 Å². The van der Waals surface area contributed by atoms with Crippen LogP contribution in [0.25, 0.3) is 0 Å². The number of ether oxygens (including phenoxy) is 1. The fourth-order valence-electron chi connectivity index (χ4n) is 3.27. The molecular weight excluding hydrogens is 344 g/mol. The molecule has 1 saturated heterocycles. The van der Waals surface area contributed by atoms with Gasteiger partial charge in [-0.05, 0) is 70.9 Å². The lowest BCUT2D eigenvalue weighted by molar-refractivity contribution is -0.156. The summed E-state index contributed by atoms with van der Waals surface area (Å²) in [6, 6.07) is 1.97. The third-order valence-electron chi connectivity index (χ3n) is 5.22. The Bertz CT molecular complexity index is 656. The Balaban J connectivity index is 1.73. The predicted octanol–water partition coefficient (Wildman–Crippen LogP) is 4.09. The topological polar surface area (TPSA) is 79.9 Å². The van der Waals surface area contributed by atoms with Gasteiger partial charge in [-0.15, -0.1) is 0 Å². The van der Waals surface area contributed by atoms with Gasteiger partial charge >= 0.3 is 5.97 Å². The largest absolute Gasteiger partial charge is 0.472 e. The first-order chi connectivity index (χ1) is 12.7. The molecule has 0 aromatic carbocycles. The van der Waals surface area contributed by atoms with E-state index >= 15 is 0 Å². The maximum atomic E-state index is 11.3. The van der Waals surface area contributed by atoms with Crippen molar-refractivity contribution in [2.45, 2.75) is 83.0 Å². The molecule has 0 unspecified atom stereocenters. The van der Waals surface area contributed by atoms with Gasteiger partial charge in [0.2, 0.25) is 0 Å². The molecule has 5 heteroatoms. The van der Waals surface area contributed by atoms with Crippen LogP contribution >= 0.6 is 0 Å². The standard InChI is InChI=1S/C22H32O5/c1-17(6-4-8-18-11-15-26-16-18)7-5-12-21(2,25)13-9-19(23)22(3)14-10-20(24)27-22/h5-6,11-12,15-16,19,23,25H,4,7-10,13-14H2,1-3H3/b12-5+,17-6+/t19-,21-,22+/m1/s1. The molecule has 1 aliphatic rings. The minimum absolute atomic E-state index is 0.266. The molecule has 5 nitrogen and oxygen atoms in total. The van der Waals surface area contributed by atoms with Crippen LogP contribution in [0, 0.1) is 0 Å². The summed E-state index contributed by atoms with van der Waals surface area (Å²) < 4.78 is 10.3. The molecule has 2 rings (SSSR count). The highest BCUT2D eigenvalue weighted by Crippen LogP contribution is 2.32. The summed E-state index contributed by atoms with van der Waals surface area (Å²) in [6.45, 7) is 5.56. The molecule has 3 atom stereocenters. The summed E-state index contributed by atoms with van der Waals surface area (Å²) >= 11 is 0. The molecule has 1 aromatic heterocycles. The molecule has 0 radical (unpaired) electrons. The van der Waals surface area contributed by atoms with Gasteiger partial charge in [-0.3, -0.25) is 4.79 Å². The summed E-state index contributed by atoms with van der Waals surface area (Å²) in [5.41, 5.74) is 0.607. The van der Waals surface area contributed by atoms with Crippen LogP contribution in [0.4, 0.5) is 0 Å². The molecule has 2 heterocycles. The van der Waals surface area contributed by atoms with Crippen LogP contribution in [0.5, 0.6) is 0 Å². The summed E-state index contributed by atoms with van der Waals surface area (Å²) in [7, 11) is 0. The second-order valence-electron chi connectivity index (χ2n) is 8.03. The Morgan fingerprint density at radius 1 is 1.48 bits per heavy atom. The SMILES string of the molecule is C/C(=C\CCc1ccoc1)C/C=C/[C@@](C)(O)CC[C@@H](O)[C@]1(C)CCC(=O)O1. The minimum Gasteiger partial charge on any atom is -0.472 e. The zero-order chi connectivity index (χ0) is 19.9. The predicted molar refractivity (Wildman–Crippen MR) is 104 cm³/mol. The van der Waals surface area contributed by atoms with Crippen LogP contribution in [-0.4, -0.2) is 33.5 Å². The lowest BCUT2D eigenvalue weighted by Crippen LogP contribution is -2.40. The highest BCUT2D eigenvalue weighted by molar-refractivity contribution is 5.72. The molecule has 150 valence electrons. The van der Waals surface area contributed by atoms with E-state index in [2.05, 4.69) is 13.0 Å². The molecule has 1 fully saturated rings. The molecule has 0 spiro atoms. The Morgan fingerprint density at radius 2 is 2.26 bits per heavy atom. The third-order valence-corrected chi connectivity index (χ3v) is 5.22. The zero-order valence-electron chi connectivity index (χ0n) is 16.6. The number of aliphatic hydroxyl groups is 2. The van der Waals surface area contributed by atoms with Gasteiger partial charge in [-0.2, -0.15) is 0 Å². The van der Waals surface area contributed by atoms with Gasteiger partial charge in [-0.1, -0.05) is 23.8 Å². The van der Waals surface area contributed by atoms with Gasteiger partial charge < -0.3 is 19.4 Å². The normalized spacial score (nSPS) is 24.2. The maximum absolute atomic E-state index is 11.3. The van der Waals surface area contributed by atoms with E-state index in [4.69, 9.17) is 9.15 Å². The fraction of sp³-hybridized carbons (Fsp3) is 0.591. The minimum atomic E-state index is -1.00. The van der Waals surface area contributed by atoms with E-state index in [0.717, 1.165) is 19.3 Å². The van der Waals surface area contributed by atoms with Crippen LogP contribution in [0.2, 0.25) is 0 Å². The van der Waals surface area contributed by atoms with Gasteiger partial charge in [0.15, 0.2) is 0 Å². The number of rotatable bonds is 10. The van der Waals surface area contributed by atoms with E-state index in [-0.39, 0.29) is 5.97 Å². The van der Waals surface area contributed by atoms with Crippen molar-refractivity contribution in [1.29, 1.82) is 0 Å². The van der Waals surface area contributed by atoms with Crippen LogP contribution in [-0.2, 0) is 16.0 Å². The first-order valence-corrected chi connectivity index (χ1v) is 9.67. The van der Waals surface area contributed by atoms with Gasteiger partial charge in [-0.25, -0.2) is 0 Å². The number of aryl methyl sites for hydroxylation is 1. The summed E-state index contributed by atoms with van der Waals surface area (Å²) in [6.07, 6.45) is 13.0. The Kier molecular flexibility index (Phi) is 7.45. The maximum Gasteiger partial charge on any atom is 0.306 e. The number of cyclic esters (lactones) is 1. The van der Waals surface area contributed by atoms with Crippen LogP contribution in [0.1, 0.15) is 64.9 Å². The molecule has 1 aromatic rings. The average molecular weight is 376 g/mol. The van der Waals surface area contributed by atoms with Crippen molar-refractivity contribution in [1.82, 2.24) is 0 Å². The first kappa shape index (κ1) is 21.5. The first-order valence-electron chi connectivity index (χ1n) is 9.67. The number of allylic oxidation sites excluding steroid dienone is 3. The third kappa shape index (κ3) is 7.00. The average Bonchev–Trinajstić information content (AvgIpc) is 3.23. The van der Waals surface area contributed by atoms with Crippen molar-refractivity contribution >= 4 is 5.97 Å². The van der Waals surface area contributed by atoms with Crippen LogP contribution < -0.4 is 0 Å². The van der Waals surface area contributed by atoms with Crippen molar-refractivity contribution < 1.29 is 24.2 Å². The molecule has 2 N–H and O–H groups in total. The molecule has 0 saturated carbocycles. The fourth-order valence-corrected chi connectivity index (χ4v) is 3.27. The molecule has 0 bridgehead atoms. The monoisotopic (exact) mass is 376 g/mol. The number of esters is 1. The summed E-state index contributed by atoms with van der Waals surface area (Å²) in [5, 5.41) is 20.9. The molecular formula is C22H32O5. The van der Waals surface area contributed by atoms with Crippen LogP contribution in [0.15, 0.2) is 46.8 Å². The number of carbonyl (C=O) groups is 1. The number of furan rings is 1. The van der Waals surface area contributed by atoms with Gasteiger partial charge in [0.1, 0.15) is 5.60 Å². The number of hydrogen-bond acceptors (Lipinski definition) is 5. The van der Waals surface area contributed by atoms with Crippen LogP contribution in [0.3, 0.4) is 0 Å². The number of hydrogen-bond donors (Lipinski definition) is 2. The van der Waals surface area contributed by atoms with Gasteiger partial charge in [0.05, 0.1) is 24.2 Å². The Hall–Kier alpha value is -1.85. The molecule has 1 aliphatic heterocycles. The van der Waals surface area contributed by atoms with E-state index in [0.29, 0.717) is 25.7 Å². The summed E-state index contributed by atoms with van der Waals surface area (Å²) in [4.78, 5) is 11.3. The van der Waals surface area contributed by atoms with E-state index in [1.165, 1.54) is 11.1 Å². The second kappa shape index (κ2) is 9.38. The highest BCUT2D eigenvalue weighted by Gasteiger charge is 2.42. The van der Waals surface area contributed by atoms with Gasteiger partial charge in [0, 0.05) is 6.42 Å². The Morgan fingerprint density at radius 3 is 2.89 bits per heavy atom. The molecule has 0 aliphatic carbocycles. The van der Waals surface area contributed by atoms with E-state index in [1.54, 1.807) is 32.4 Å². The van der Waals surface area contributed by atoms with Crippen molar-refractivity contribution in [3.05, 3.63) is 48.0 Å². The molecule has 27 heavy (non-hydrogen) atoms. The Labute approximate surface area is 161 Å². The van der Waals surface area contributed by atoms with Crippen molar-refractivity contribution in [2.24, 2.45) is 0 Å². The van der Waals surface area contributed by atoms with Gasteiger partial charge in [0.25, 0.3) is 0 Å². The lowest BCUT2D eigenvalue weighted by atomic mass is 9.88. The zero-order valence-corrected chi connectivity index (χ0v) is 16.6. The number of carbonyl (C=O) groups excluding carboxylic acids is 1. The lowest BCUT2D eigenvalue weighted by Gasteiger charge is -2.30. The second-order valence-corrected chi connectivity index (χ2v) is 8.03. The smallest absolute Gasteiger partial charge is 0.306 e. The van der Waals surface area contributed by atoms with E-state index in [9.17, 15) is 15.0 Å². The summed E-state index contributed by atoms with van der Waals surface area (Å²) in [5.74, 6) is -0.266. The quantitative estimate of drug-likeness (QED) is 0.475.